The lowest BCUT2D eigenvalue weighted by atomic mass is 9.96. The molecule has 1 aliphatic heterocycles. The number of rotatable bonds is 7. The highest BCUT2D eigenvalue weighted by molar-refractivity contribution is 7.15. The van der Waals surface area contributed by atoms with E-state index in [4.69, 9.17) is 10.00 Å². The lowest BCUT2D eigenvalue weighted by Gasteiger charge is -2.31. The number of anilines is 1. The summed E-state index contributed by atoms with van der Waals surface area (Å²) in [5.74, 6) is -0.665. The van der Waals surface area contributed by atoms with Gasteiger partial charge in [-0.15, -0.1) is 11.3 Å². The van der Waals surface area contributed by atoms with Crippen molar-refractivity contribution in [2.24, 2.45) is 5.92 Å². The quantitative estimate of drug-likeness (QED) is 0.628. The van der Waals surface area contributed by atoms with Crippen LogP contribution in [0.25, 0.3) is 11.1 Å². The minimum atomic E-state index is -0.424. The number of piperidine rings is 1. The van der Waals surface area contributed by atoms with Crippen LogP contribution in [-0.2, 0) is 9.53 Å². The van der Waals surface area contributed by atoms with Gasteiger partial charge in [-0.1, -0.05) is 18.2 Å². The zero-order chi connectivity index (χ0) is 22.4. The Morgan fingerprint density at radius 1 is 1.32 bits per heavy atom. The molecule has 1 atom stereocenters. The number of esters is 1. The zero-order valence-electron chi connectivity index (χ0n) is 18.4. The minimum absolute atomic E-state index is 0.0827. The molecule has 1 fully saturated rings. The number of hydrogen-bond donors (Lipinski definition) is 1. The van der Waals surface area contributed by atoms with Gasteiger partial charge in [-0.25, -0.2) is 4.79 Å². The molecule has 0 aliphatic carbocycles. The van der Waals surface area contributed by atoms with E-state index in [1.165, 1.54) is 16.9 Å². The zero-order valence-corrected chi connectivity index (χ0v) is 19.2. The summed E-state index contributed by atoms with van der Waals surface area (Å²) in [6.45, 7) is 8.37. The maximum absolute atomic E-state index is 13.0. The molecule has 0 radical (unpaired) electrons. The van der Waals surface area contributed by atoms with Crippen LogP contribution in [0.2, 0.25) is 0 Å². The van der Waals surface area contributed by atoms with E-state index in [-0.39, 0.29) is 18.4 Å². The van der Waals surface area contributed by atoms with Gasteiger partial charge in [-0.05, 0) is 56.8 Å². The number of benzene rings is 1. The smallest absolute Gasteiger partial charge is 0.341 e. The van der Waals surface area contributed by atoms with Crippen molar-refractivity contribution in [2.45, 2.75) is 40.0 Å². The SMILES string of the molecule is CCOC(=O)c1c(-c2ccc(C)c(C)c2)csc1NC(=O)C1CCCN(CCC#N)C1. The maximum Gasteiger partial charge on any atom is 0.341 e. The normalized spacial score (nSPS) is 16.5. The molecule has 2 aromatic rings. The van der Waals surface area contributed by atoms with Crippen molar-refractivity contribution in [3.05, 3.63) is 40.3 Å². The summed E-state index contributed by atoms with van der Waals surface area (Å²) in [6, 6.07) is 8.25. The van der Waals surface area contributed by atoms with Crippen LogP contribution in [0.5, 0.6) is 0 Å². The molecule has 0 saturated carbocycles. The van der Waals surface area contributed by atoms with Gasteiger partial charge in [0.25, 0.3) is 0 Å². The molecule has 31 heavy (non-hydrogen) atoms. The first kappa shape index (κ1) is 23.0. The van der Waals surface area contributed by atoms with Crippen molar-refractivity contribution in [1.82, 2.24) is 4.90 Å². The molecule has 0 bridgehead atoms. The molecule has 3 rings (SSSR count). The summed E-state index contributed by atoms with van der Waals surface area (Å²) in [6.07, 6.45) is 2.19. The fourth-order valence-corrected chi connectivity index (χ4v) is 4.83. The fourth-order valence-electron chi connectivity index (χ4n) is 3.87. The lowest BCUT2D eigenvalue weighted by molar-refractivity contribution is -0.121. The summed E-state index contributed by atoms with van der Waals surface area (Å²) >= 11 is 1.35. The first-order chi connectivity index (χ1) is 14.9. The highest BCUT2D eigenvalue weighted by atomic mass is 32.1. The average molecular weight is 440 g/mol. The Morgan fingerprint density at radius 3 is 2.84 bits per heavy atom. The van der Waals surface area contributed by atoms with E-state index in [1.54, 1.807) is 6.92 Å². The van der Waals surface area contributed by atoms with Gasteiger partial charge in [0.15, 0.2) is 0 Å². The molecular formula is C24H29N3O3S. The largest absolute Gasteiger partial charge is 0.462 e. The van der Waals surface area contributed by atoms with Gasteiger partial charge in [-0.3, -0.25) is 4.79 Å². The van der Waals surface area contributed by atoms with Crippen LogP contribution in [0.4, 0.5) is 5.00 Å². The number of aryl methyl sites for hydroxylation is 2. The van der Waals surface area contributed by atoms with Crippen LogP contribution in [0, 0.1) is 31.1 Å². The Hall–Kier alpha value is -2.69. The number of nitrogens with one attached hydrogen (secondary N) is 1. The number of carbonyl (C=O) groups is 2. The van der Waals surface area contributed by atoms with Gasteiger partial charge in [0.2, 0.25) is 5.91 Å². The van der Waals surface area contributed by atoms with E-state index in [0.717, 1.165) is 36.1 Å². The van der Waals surface area contributed by atoms with Gasteiger partial charge < -0.3 is 15.0 Å². The Labute approximate surface area is 187 Å². The molecule has 1 aromatic carbocycles. The summed E-state index contributed by atoms with van der Waals surface area (Å²) in [7, 11) is 0. The highest BCUT2D eigenvalue weighted by Crippen LogP contribution is 2.37. The van der Waals surface area contributed by atoms with Crippen molar-refractivity contribution in [1.29, 1.82) is 5.26 Å². The molecule has 1 unspecified atom stereocenters. The third kappa shape index (κ3) is 5.52. The molecule has 1 amide bonds. The molecular weight excluding hydrogens is 410 g/mol. The second-order valence-electron chi connectivity index (χ2n) is 7.91. The second kappa shape index (κ2) is 10.6. The number of nitrogens with zero attached hydrogens (tertiary/aromatic N) is 2. The molecule has 164 valence electrons. The van der Waals surface area contributed by atoms with Crippen LogP contribution >= 0.6 is 11.3 Å². The van der Waals surface area contributed by atoms with Gasteiger partial charge in [-0.2, -0.15) is 5.26 Å². The number of amides is 1. The van der Waals surface area contributed by atoms with Crippen molar-refractivity contribution < 1.29 is 14.3 Å². The number of hydrogen-bond acceptors (Lipinski definition) is 6. The average Bonchev–Trinajstić information content (AvgIpc) is 3.18. The van der Waals surface area contributed by atoms with Crippen LogP contribution in [0.15, 0.2) is 23.6 Å². The first-order valence-corrected chi connectivity index (χ1v) is 11.6. The van der Waals surface area contributed by atoms with Crippen molar-refractivity contribution >= 4 is 28.2 Å². The lowest BCUT2D eigenvalue weighted by Crippen LogP contribution is -2.41. The highest BCUT2D eigenvalue weighted by Gasteiger charge is 2.28. The predicted molar refractivity (Wildman–Crippen MR) is 123 cm³/mol. The van der Waals surface area contributed by atoms with Crippen molar-refractivity contribution in [3.63, 3.8) is 0 Å². The van der Waals surface area contributed by atoms with Crippen molar-refractivity contribution in [3.8, 4) is 17.2 Å². The van der Waals surface area contributed by atoms with Gasteiger partial charge in [0.1, 0.15) is 10.6 Å². The van der Waals surface area contributed by atoms with Gasteiger partial charge in [0, 0.05) is 30.5 Å². The van der Waals surface area contributed by atoms with Crippen LogP contribution < -0.4 is 5.32 Å². The number of ether oxygens (including phenoxy) is 1. The summed E-state index contributed by atoms with van der Waals surface area (Å²) < 4.78 is 5.31. The Morgan fingerprint density at radius 2 is 2.13 bits per heavy atom. The third-order valence-corrected chi connectivity index (χ3v) is 6.64. The number of thiophene rings is 1. The monoisotopic (exact) mass is 439 g/mol. The van der Waals surface area contributed by atoms with Crippen LogP contribution in [-0.4, -0.2) is 43.0 Å². The van der Waals surface area contributed by atoms with E-state index >= 15 is 0 Å². The Bertz CT molecular complexity index is 992. The van der Waals surface area contributed by atoms with E-state index in [0.29, 0.717) is 30.1 Å². The number of carbonyl (C=O) groups excluding carboxylic acids is 2. The number of likely N-dealkylation sites (tertiary alicyclic amines) is 1. The summed E-state index contributed by atoms with van der Waals surface area (Å²) in [5.41, 5.74) is 4.46. The summed E-state index contributed by atoms with van der Waals surface area (Å²) in [5, 5.41) is 14.3. The van der Waals surface area contributed by atoms with Crippen LogP contribution in [0.1, 0.15) is 47.7 Å². The minimum Gasteiger partial charge on any atom is -0.462 e. The fraction of sp³-hybridized carbons (Fsp3) is 0.458. The summed E-state index contributed by atoms with van der Waals surface area (Å²) in [4.78, 5) is 28.0. The molecule has 0 spiro atoms. The molecule has 1 aromatic heterocycles. The van der Waals surface area contributed by atoms with Crippen molar-refractivity contribution in [2.75, 3.05) is 31.6 Å². The Balaban J connectivity index is 1.84. The van der Waals surface area contributed by atoms with E-state index in [2.05, 4.69) is 29.3 Å². The van der Waals surface area contributed by atoms with Gasteiger partial charge >= 0.3 is 5.97 Å². The van der Waals surface area contributed by atoms with E-state index < -0.39 is 5.97 Å². The molecule has 1 N–H and O–H groups in total. The molecule has 1 aliphatic rings. The van der Waals surface area contributed by atoms with E-state index in [9.17, 15) is 9.59 Å². The van der Waals surface area contributed by atoms with Crippen LogP contribution in [0.3, 0.4) is 0 Å². The van der Waals surface area contributed by atoms with Gasteiger partial charge in [0.05, 0.1) is 18.6 Å². The third-order valence-electron chi connectivity index (χ3n) is 5.74. The first-order valence-electron chi connectivity index (χ1n) is 10.7. The molecule has 1 saturated heterocycles. The maximum atomic E-state index is 13.0. The predicted octanol–water partition coefficient (Wildman–Crippen LogP) is 4.77. The Kier molecular flexibility index (Phi) is 7.83. The molecule has 7 heteroatoms. The number of nitriles is 1. The topological polar surface area (TPSA) is 82.4 Å². The standard InChI is InChI=1S/C24H29N3O3S/c1-4-30-24(29)21-20(18-9-8-16(2)17(3)13-18)15-31-23(21)26-22(28)19-7-5-11-27(14-19)12-6-10-25/h8-9,13,15,19H,4-7,11-12,14H2,1-3H3,(H,26,28). The molecule has 2 heterocycles. The second-order valence-corrected chi connectivity index (χ2v) is 8.79. The molecule has 6 nitrogen and oxygen atoms in total. The van der Waals surface area contributed by atoms with E-state index in [1.807, 2.05) is 24.4 Å².